The van der Waals surface area contributed by atoms with E-state index in [1.807, 2.05) is 0 Å². The number of aliphatic hydroxyl groups is 1. The van der Waals surface area contributed by atoms with Crippen LogP contribution in [0.1, 0.15) is 22.7 Å². The maximum Gasteiger partial charge on any atom is 0.272 e. The van der Waals surface area contributed by atoms with E-state index in [9.17, 15) is 19.1 Å². The van der Waals surface area contributed by atoms with E-state index in [1.54, 1.807) is 6.92 Å². The van der Waals surface area contributed by atoms with E-state index in [0.29, 0.717) is 24.5 Å². The van der Waals surface area contributed by atoms with Gasteiger partial charge in [-0.1, -0.05) is 0 Å². The minimum absolute atomic E-state index is 0.0236. The largest absolute Gasteiger partial charge is 0.491 e. The van der Waals surface area contributed by atoms with E-state index in [-0.39, 0.29) is 24.7 Å². The highest BCUT2D eigenvalue weighted by atomic mass is 19.1. The van der Waals surface area contributed by atoms with Crippen LogP contribution in [0, 0.1) is 12.7 Å². The molecular formula is C17H18FN3O4. The third-order valence-electron chi connectivity index (χ3n) is 4.02. The first kappa shape index (κ1) is 17.1. The monoisotopic (exact) mass is 347 g/mol. The first-order valence-corrected chi connectivity index (χ1v) is 7.83. The summed E-state index contributed by atoms with van der Waals surface area (Å²) in [5.74, 6) is 0.00712. The van der Waals surface area contributed by atoms with Crippen molar-refractivity contribution >= 4 is 5.91 Å². The third kappa shape index (κ3) is 4.03. The number of benzene rings is 1. The molecule has 1 atom stereocenters. The fraction of sp³-hybridized carbons (Fsp3) is 0.353. The van der Waals surface area contributed by atoms with Crippen molar-refractivity contribution in [3.63, 3.8) is 0 Å². The summed E-state index contributed by atoms with van der Waals surface area (Å²) in [6.45, 7) is 1.97. The molecule has 1 fully saturated rings. The van der Waals surface area contributed by atoms with E-state index in [1.165, 1.54) is 29.2 Å². The molecule has 1 amide bonds. The van der Waals surface area contributed by atoms with Gasteiger partial charge >= 0.3 is 0 Å². The van der Waals surface area contributed by atoms with Gasteiger partial charge in [0.25, 0.3) is 11.5 Å². The van der Waals surface area contributed by atoms with Gasteiger partial charge in [-0.05, 0) is 37.6 Å². The van der Waals surface area contributed by atoms with Crippen molar-refractivity contribution in [2.45, 2.75) is 18.9 Å². The second kappa shape index (κ2) is 6.64. The Kier molecular flexibility index (Phi) is 4.54. The predicted octanol–water partition coefficient (Wildman–Crippen LogP) is 0.873. The van der Waals surface area contributed by atoms with Crippen LogP contribution in [-0.2, 0) is 0 Å². The van der Waals surface area contributed by atoms with Crippen molar-refractivity contribution in [1.82, 2.24) is 14.9 Å². The van der Waals surface area contributed by atoms with Gasteiger partial charge in [-0.15, -0.1) is 0 Å². The zero-order valence-electron chi connectivity index (χ0n) is 13.7. The number of rotatable bonds is 4. The number of nitrogens with one attached hydrogen (secondary N) is 1. The normalized spacial score (nSPS) is 19.9. The van der Waals surface area contributed by atoms with Gasteiger partial charge in [0.2, 0.25) is 0 Å². The van der Waals surface area contributed by atoms with Crippen molar-refractivity contribution < 1.29 is 19.0 Å². The standard InChI is InChI=1S/C17H18FN3O4/c1-11-19-14(8-15(22)20-11)16(23)21-7-6-17(24,9-21)10-25-13-4-2-12(18)3-5-13/h2-5,8,24H,6-7,9-10H2,1H3,(H,19,20,22). The number of carbonyl (C=O) groups is 1. The van der Waals surface area contributed by atoms with Crippen molar-refractivity contribution in [3.8, 4) is 5.75 Å². The first-order valence-electron chi connectivity index (χ1n) is 7.83. The summed E-state index contributed by atoms with van der Waals surface area (Å²) in [5, 5.41) is 10.6. The summed E-state index contributed by atoms with van der Waals surface area (Å²) in [5.41, 5.74) is -1.56. The Bertz CT molecular complexity index is 837. The summed E-state index contributed by atoms with van der Waals surface area (Å²) in [6, 6.07) is 6.62. The zero-order chi connectivity index (χ0) is 18.0. The van der Waals surface area contributed by atoms with Crippen molar-refractivity contribution in [1.29, 1.82) is 0 Å². The molecule has 2 heterocycles. The van der Waals surface area contributed by atoms with E-state index in [4.69, 9.17) is 4.74 Å². The van der Waals surface area contributed by atoms with Crippen LogP contribution in [0.15, 0.2) is 35.1 Å². The molecule has 1 aromatic heterocycles. The molecule has 1 unspecified atom stereocenters. The Balaban J connectivity index is 1.64. The van der Waals surface area contributed by atoms with E-state index < -0.39 is 17.1 Å². The lowest BCUT2D eigenvalue weighted by molar-refractivity contribution is 0.00423. The molecule has 132 valence electrons. The number of likely N-dealkylation sites (tertiary alicyclic amines) is 1. The average Bonchev–Trinajstić information content (AvgIpc) is 2.95. The third-order valence-corrected chi connectivity index (χ3v) is 4.02. The van der Waals surface area contributed by atoms with Crippen LogP contribution in [0.3, 0.4) is 0 Å². The second-order valence-electron chi connectivity index (χ2n) is 6.16. The summed E-state index contributed by atoms with van der Waals surface area (Å²) < 4.78 is 18.4. The molecule has 0 spiro atoms. The highest BCUT2D eigenvalue weighted by Crippen LogP contribution is 2.24. The molecule has 7 nitrogen and oxygen atoms in total. The summed E-state index contributed by atoms with van der Waals surface area (Å²) >= 11 is 0. The van der Waals surface area contributed by atoms with E-state index in [2.05, 4.69) is 9.97 Å². The molecule has 8 heteroatoms. The van der Waals surface area contributed by atoms with Gasteiger partial charge in [0.05, 0.1) is 6.54 Å². The molecule has 0 radical (unpaired) electrons. The fourth-order valence-corrected chi connectivity index (χ4v) is 2.75. The maximum atomic E-state index is 12.9. The van der Waals surface area contributed by atoms with Gasteiger partial charge in [-0.25, -0.2) is 9.37 Å². The molecular weight excluding hydrogens is 329 g/mol. The van der Waals surface area contributed by atoms with Crippen LogP contribution < -0.4 is 10.3 Å². The number of amides is 1. The summed E-state index contributed by atoms with van der Waals surface area (Å²) in [7, 11) is 0. The lowest BCUT2D eigenvalue weighted by Gasteiger charge is -2.23. The van der Waals surface area contributed by atoms with Gasteiger partial charge in [0.15, 0.2) is 0 Å². The van der Waals surface area contributed by atoms with Crippen LogP contribution in [0.4, 0.5) is 4.39 Å². The lowest BCUT2D eigenvalue weighted by atomic mass is 10.1. The number of hydrogen-bond donors (Lipinski definition) is 2. The lowest BCUT2D eigenvalue weighted by Crippen LogP contribution is -2.41. The van der Waals surface area contributed by atoms with Crippen LogP contribution in [0.5, 0.6) is 5.75 Å². The zero-order valence-corrected chi connectivity index (χ0v) is 13.7. The molecule has 1 aliphatic rings. The number of ether oxygens (including phenoxy) is 1. The van der Waals surface area contributed by atoms with Crippen LogP contribution in [0.2, 0.25) is 0 Å². The SMILES string of the molecule is Cc1nc(C(=O)N2CCC(O)(COc3ccc(F)cc3)C2)cc(=O)[nH]1. The Labute approximate surface area is 143 Å². The first-order chi connectivity index (χ1) is 11.8. The number of nitrogens with zero attached hydrogens (tertiary/aromatic N) is 2. The van der Waals surface area contributed by atoms with Crippen molar-refractivity contribution in [3.05, 3.63) is 58.0 Å². The molecule has 0 bridgehead atoms. The molecule has 25 heavy (non-hydrogen) atoms. The molecule has 0 aliphatic carbocycles. The Morgan fingerprint density at radius 1 is 1.44 bits per heavy atom. The number of β-amino-alcohol motifs (C(OH)–C–C–N with tert-alkyl or cyclic N) is 1. The smallest absolute Gasteiger partial charge is 0.272 e. The highest BCUT2D eigenvalue weighted by Gasteiger charge is 2.39. The summed E-state index contributed by atoms with van der Waals surface area (Å²) in [6.07, 6.45) is 0.335. The number of halogens is 1. The minimum Gasteiger partial charge on any atom is -0.491 e. The molecule has 2 aromatic rings. The number of hydrogen-bond acceptors (Lipinski definition) is 5. The predicted molar refractivity (Wildman–Crippen MR) is 87.0 cm³/mol. The van der Waals surface area contributed by atoms with Gasteiger partial charge in [0.1, 0.15) is 35.3 Å². The average molecular weight is 347 g/mol. The fourth-order valence-electron chi connectivity index (χ4n) is 2.75. The quantitative estimate of drug-likeness (QED) is 0.856. The molecule has 1 aromatic carbocycles. The van der Waals surface area contributed by atoms with Gasteiger partial charge in [0, 0.05) is 12.6 Å². The molecule has 1 aliphatic heterocycles. The minimum atomic E-state index is -1.21. The maximum absolute atomic E-state index is 12.9. The van der Waals surface area contributed by atoms with Gasteiger partial charge in [-0.3, -0.25) is 9.59 Å². The number of aryl methyl sites for hydroxylation is 1. The van der Waals surface area contributed by atoms with Crippen LogP contribution >= 0.6 is 0 Å². The Morgan fingerprint density at radius 3 is 2.84 bits per heavy atom. The number of aromatic amines is 1. The molecule has 0 saturated carbocycles. The van der Waals surface area contributed by atoms with Crippen LogP contribution in [0.25, 0.3) is 0 Å². The van der Waals surface area contributed by atoms with E-state index >= 15 is 0 Å². The highest BCUT2D eigenvalue weighted by molar-refractivity contribution is 5.92. The second-order valence-corrected chi connectivity index (χ2v) is 6.16. The number of aromatic nitrogens is 2. The molecule has 2 N–H and O–H groups in total. The molecule has 1 saturated heterocycles. The topological polar surface area (TPSA) is 95.5 Å². The van der Waals surface area contributed by atoms with Crippen molar-refractivity contribution in [2.75, 3.05) is 19.7 Å². The number of H-pyrrole nitrogens is 1. The van der Waals surface area contributed by atoms with Gasteiger partial charge < -0.3 is 19.7 Å². The Hall–Kier alpha value is -2.74. The number of carbonyl (C=O) groups excluding carboxylic acids is 1. The van der Waals surface area contributed by atoms with Gasteiger partial charge in [-0.2, -0.15) is 0 Å². The Morgan fingerprint density at radius 2 is 2.16 bits per heavy atom. The van der Waals surface area contributed by atoms with Crippen LogP contribution in [-0.4, -0.2) is 51.2 Å². The molecule has 3 rings (SSSR count). The van der Waals surface area contributed by atoms with Crippen molar-refractivity contribution in [2.24, 2.45) is 0 Å². The summed E-state index contributed by atoms with van der Waals surface area (Å²) in [4.78, 5) is 31.9. The van der Waals surface area contributed by atoms with E-state index in [0.717, 1.165) is 6.07 Å².